The Hall–Kier alpha value is -0.772. The van der Waals surface area contributed by atoms with E-state index >= 15 is 0 Å². The third kappa shape index (κ3) is 7.11. The molecule has 0 radical (unpaired) electrons. The zero-order valence-corrected chi connectivity index (χ0v) is 16.8. The number of para-hydroxylation sites is 4. The molecular weight excluding hydrogens is 561 g/mol. The van der Waals surface area contributed by atoms with Crippen LogP contribution in [0.15, 0.2) is 61.2 Å². The number of imidazole rings is 2. The Morgan fingerprint density at radius 1 is 0.652 bits per heavy atom. The van der Waals surface area contributed by atoms with Gasteiger partial charge in [0.15, 0.2) is 0 Å². The summed E-state index contributed by atoms with van der Waals surface area (Å²) in [7, 11) is 20.0. The van der Waals surface area contributed by atoms with Crippen molar-refractivity contribution in [3.05, 3.63) is 61.2 Å². The molecule has 0 atom stereocenters. The van der Waals surface area contributed by atoms with Crippen LogP contribution >= 0.6 is 37.7 Å². The third-order valence-corrected chi connectivity index (χ3v) is 2.66. The molecule has 0 spiro atoms. The van der Waals surface area contributed by atoms with Crippen molar-refractivity contribution in [3.63, 3.8) is 0 Å². The number of halogens is 4. The fourth-order valence-electron chi connectivity index (χ4n) is 1.76. The Bertz CT molecular complexity index is 724. The van der Waals surface area contributed by atoms with Gasteiger partial charge in [-0.15, -0.1) is 0 Å². The van der Waals surface area contributed by atoms with Gasteiger partial charge in [-0.3, -0.25) is 0 Å². The summed E-state index contributed by atoms with van der Waals surface area (Å²) in [5.74, 6) is 0. The topological polar surface area (TPSA) is 57.4 Å². The second-order valence-electron chi connectivity index (χ2n) is 4.11. The summed E-state index contributed by atoms with van der Waals surface area (Å²) in [5, 5.41) is 0. The molecule has 0 saturated heterocycles. The molecule has 4 aromatic rings. The molecule has 9 heteroatoms. The second kappa shape index (κ2) is 8.91. The summed E-state index contributed by atoms with van der Waals surface area (Å²) < 4.78 is 0. The van der Waals surface area contributed by atoms with Crippen molar-refractivity contribution >= 4 is 59.7 Å². The quantitative estimate of drug-likeness (QED) is 0.276. The van der Waals surface area contributed by atoms with Crippen molar-refractivity contribution < 1.29 is 11.9 Å². The number of hydrogen-bond donors (Lipinski definition) is 2. The van der Waals surface area contributed by atoms with Crippen LogP contribution < -0.4 is 0 Å². The van der Waals surface area contributed by atoms with Gasteiger partial charge in [-0.1, -0.05) is 24.3 Å². The molecule has 2 aromatic heterocycles. The van der Waals surface area contributed by atoms with Gasteiger partial charge in [-0.2, -0.15) is 0 Å². The maximum atomic E-state index is 5.01. The molecule has 2 aromatic carbocycles. The van der Waals surface area contributed by atoms with Gasteiger partial charge in [0.2, 0.25) is 0 Å². The zero-order chi connectivity index (χ0) is 16.7. The van der Waals surface area contributed by atoms with Gasteiger partial charge >= 0.3 is 49.6 Å². The van der Waals surface area contributed by atoms with Gasteiger partial charge in [0.25, 0.3) is 0 Å². The van der Waals surface area contributed by atoms with Crippen molar-refractivity contribution in [2.24, 2.45) is 0 Å². The summed E-state index contributed by atoms with van der Waals surface area (Å²) >= 11 is -3.06. The Kier molecular flexibility index (Phi) is 7.19. The number of H-pyrrole nitrogens is 2. The summed E-state index contributed by atoms with van der Waals surface area (Å²) in [6.45, 7) is 0. The van der Waals surface area contributed by atoms with E-state index in [1.807, 2.05) is 48.5 Å². The first kappa shape index (κ1) is 18.6. The molecule has 2 heterocycles. The monoisotopic (exact) mass is 571 g/mol. The summed E-state index contributed by atoms with van der Waals surface area (Å²) in [5.41, 5.74) is 4.24. The predicted octanol–water partition coefficient (Wildman–Crippen LogP) is 5.88. The van der Waals surface area contributed by atoms with Gasteiger partial charge in [0, 0.05) is 0 Å². The van der Waals surface area contributed by atoms with E-state index in [4.69, 9.17) is 37.7 Å². The molecule has 0 aliphatic carbocycles. The Balaban J connectivity index is 0.000000132. The number of benzene rings is 2. The zero-order valence-electron chi connectivity index (χ0n) is 11.5. The van der Waals surface area contributed by atoms with Crippen molar-refractivity contribution in [3.8, 4) is 0 Å². The normalized spacial score (nSPS) is 11.3. The summed E-state index contributed by atoms with van der Waals surface area (Å²) in [6.07, 6.45) is 3.40. The van der Waals surface area contributed by atoms with E-state index < -0.39 is 11.9 Å². The smallest absolute Gasteiger partial charge is 0.0931 e. The maximum Gasteiger partial charge on any atom is 0.0931 e. The van der Waals surface area contributed by atoms with Crippen LogP contribution in [0.3, 0.4) is 0 Å². The van der Waals surface area contributed by atoms with Crippen molar-refractivity contribution in [1.82, 2.24) is 19.9 Å². The predicted molar refractivity (Wildman–Crippen MR) is 95.6 cm³/mol. The average Bonchev–Trinajstić information content (AvgIpc) is 3.15. The number of nitrogens with one attached hydrogen (secondary N) is 2. The first-order valence-electron chi connectivity index (χ1n) is 6.17. The molecule has 0 fully saturated rings. The van der Waals surface area contributed by atoms with Gasteiger partial charge in [0.1, 0.15) is 0 Å². The largest absolute Gasteiger partial charge is 0.345 e. The average molecular weight is 573 g/mol. The van der Waals surface area contributed by atoms with E-state index in [2.05, 4.69) is 19.9 Å². The summed E-state index contributed by atoms with van der Waals surface area (Å²) in [4.78, 5) is 14.1. The van der Waals surface area contributed by atoms with E-state index in [0.29, 0.717) is 0 Å². The van der Waals surface area contributed by atoms with E-state index in [0.717, 1.165) is 22.1 Å². The van der Waals surface area contributed by atoms with Crippen LogP contribution in [0.25, 0.3) is 22.1 Å². The minimum atomic E-state index is -3.06. The molecule has 126 valence electrons. The fraction of sp³-hybridized carbons (Fsp3) is 0. The molecule has 0 bridgehead atoms. The van der Waals surface area contributed by atoms with Crippen LogP contribution in [0, 0.1) is 0 Å². The first-order valence-corrected chi connectivity index (χ1v) is 17.4. The van der Waals surface area contributed by atoms with E-state index in [9.17, 15) is 0 Å². The van der Waals surface area contributed by atoms with Crippen LogP contribution in [0.2, 0.25) is 0 Å². The Labute approximate surface area is 152 Å². The number of fused-ring (bicyclic) bond motifs is 2. The molecule has 4 rings (SSSR count). The third-order valence-electron chi connectivity index (χ3n) is 2.66. The van der Waals surface area contributed by atoms with Gasteiger partial charge in [-0.25, -0.2) is 9.97 Å². The maximum absolute atomic E-state index is 5.01. The van der Waals surface area contributed by atoms with Gasteiger partial charge < -0.3 is 9.97 Å². The molecule has 23 heavy (non-hydrogen) atoms. The van der Waals surface area contributed by atoms with Crippen molar-refractivity contribution in [1.29, 1.82) is 0 Å². The van der Waals surface area contributed by atoms with Crippen molar-refractivity contribution in [2.45, 2.75) is 0 Å². The number of rotatable bonds is 0. The Morgan fingerprint density at radius 3 is 1.35 bits per heavy atom. The van der Waals surface area contributed by atoms with Gasteiger partial charge in [-0.05, 0) is 24.3 Å². The second-order valence-corrected chi connectivity index (χ2v) is 23.8. The molecule has 0 amide bonds. The first-order chi connectivity index (χ1) is 10.9. The minimum Gasteiger partial charge on any atom is -0.345 e. The van der Waals surface area contributed by atoms with Gasteiger partial charge in [0.05, 0.1) is 34.7 Å². The SMILES string of the molecule is [Cl][Pt]([Cl])([Cl])[Cl].c1ccc2[nH]cnc2c1.c1ccc2[nH]cnc2c1. The molecule has 0 saturated carbocycles. The summed E-state index contributed by atoms with van der Waals surface area (Å²) in [6, 6.07) is 15.9. The van der Waals surface area contributed by atoms with Crippen LogP contribution in [-0.2, 0) is 11.9 Å². The van der Waals surface area contributed by atoms with Crippen LogP contribution in [-0.4, -0.2) is 19.9 Å². The van der Waals surface area contributed by atoms with Crippen LogP contribution in [0.4, 0.5) is 0 Å². The molecule has 2 N–H and O–H groups in total. The minimum absolute atomic E-state index is 1.03. The molecule has 0 aliphatic rings. The van der Waals surface area contributed by atoms with Crippen molar-refractivity contribution in [2.75, 3.05) is 0 Å². The number of aromatic amines is 2. The molecular formula is C14H12Cl4N4Pt. The number of aromatic nitrogens is 4. The number of nitrogens with zero attached hydrogens (tertiary/aromatic N) is 2. The standard InChI is InChI=1S/2C7H6N2.4ClH.Pt/c2*1-2-4-7-6(3-1)8-5-9-7;;;;;/h2*1-5H,(H,8,9);4*1H;/q;;;;;;+4/p-4. The molecule has 4 nitrogen and oxygen atoms in total. The van der Waals surface area contributed by atoms with Crippen LogP contribution in [0.5, 0.6) is 0 Å². The van der Waals surface area contributed by atoms with Crippen LogP contribution in [0.1, 0.15) is 0 Å². The Morgan fingerprint density at radius 2 is 1.00 bits per heavy atom. The van der Waals surface area contributed by atoms with E-state index in [1.165, 1.54) is 0 Å². The molecule has 0 aliphatic heterocycles. The van der Waals surface area contributed by atoms with E-state index in [1.54, 1.807) is 12.7 Å². The number of hydrogen-bond acceptors (Lipinski definition) is 2. The fourth-order valence-corrected chi connectivity index (χ4v) is 1.76. The van der Waals surface area contributed by atoms with E-state index in [-0.39, 0.29) is 0 Å². The molecule has 0 unspecified atom stereocenters.